The molecule has 4 N–H and O–H groups in total. The molecule has 0 saturated carbocycles. The Morgan fingerprint density at radius 2 is 1.47 bits per heavy atom. The minimum Gasteiger partial charge on any atom is -0.356 e. The Bertz CT molecular complexity index is 881. The van der Waals surface area contributed by atoms with Crippen LogP contribution in [0.4, 0.5) is 0 Å². The number of nitrogens with one attached hydrogen (secondary N) is 2. The fraction of sp³-hybridized carbons (Fsp3) is 0.533. The SMILES string of the molecule is CCCCNC(=O)CC[Si](c1ccccc1)(c1ccccc1)[C@H](CC(C)C)NC(=O)[C@@H](N)[C@@H](C)CC. The van der Waals surface area contributed by atoms with Crippen LogP contribution in [0.25, 0.3) is 0 Å². The summed E-state index contributed by atoms with van der Waals surface area (Å²) in [6, 6.07) is 21.2. The summed E-state index contributed by atoms with van der Waals surface area (Å²) in [6.45, 7) is 11.3. The third kappa shape index (κ3) is 8.03. The minimum atomic E-state index is -2.65. The first kappa shape index (κ1) is 29.8. The molecule has 6 heteroatoms. The molecule has 0 aliphatic heterocycles. The number of hydrogen-bond donors (Lipinski definition) is 3. The van der Waals surface area contributed by atoms with E-state index in [1.54, 1.807) is 0 Å². The monoisotopic (exact) mass is 509 g/mol. The van der Waals surface area contributed by atoms with Crippen molar-refractivity contribution in [2.75, 3.05) is 6.54 Å². The quantitative estimate of drug-likeness (QED) is 0.251. The first-order chi connectivity index (χ1) is 17.3. The lowest BCUT2D eigenvalue weighted by atomic mass is 9.99. The molecule has 0 unspecified atom stereocenters. The van der Waals surface area contributed by atoms with Crippen LogP contribution in [0.3, 0.4) is 0 Å². The average Bonchev–Trinajstić information content (AvgIpc) is 2.89. The van der Waals surface area contributed by atoms with E-state index < -0.39 is 14.1 Å². The topological polar surface area (TPSA) is 84.2 Å². The molecule has 0 heterocycles. The van der Waals surface area contributed by atoms with Gasteiger partial charge in [0.1, 0.15) is 8.07 Å². The number of carbonyl (C=O) groups excluding carboxylic acids is 2. The summed E-state index contributed by atoms with van der Waals surface area (Å²) >= 11 is 0. The van der Waals surface area contributed by atoms with E-state index in [9.17, 15) is 9.59 Å². The molecular formula is C30H47N3O2Si. The van der Waals surface area contributed by atoms with E-state index in [-0.39, 0.29) is 23.4 Å². The maximum absolute atomic E-state index is 13.5. The van der Waals surface area contributed by atoms with Gasteiger partial charge >= 0.3 is 0 Å². The molecule has 0 radical (unpaired) electrons. The number of nitrogens with two attached hydrogens (primary N) is 1. The van der Waals surface area contributed by atoms with Crippen LogP contribution in [0.1, 0.15) is 66.7 Å². The molecule has 0 fully saturated rings. The Kier molecular flexibility index (Phi) is 12.4. The van der Waals surface area contributed by atoms with Gasteiger partial charge in [-0.1, -0.05) is 118 Å². The van der Waals surface area contributed by atoms with Crippen LogP contribution in [-0.2, 0) is 9.59 Å². The first-order valence-electron chi connectivity index (χ1n) is 13.7. The highest BCUT2D eigenvalue weighted by Gasteiger charge is 2.46. The molecule has 2 amide bonds. The summed E-state index contributed by atoms with van der Waals surface area (Å²) in [7, 11) is -2.65. The standard InChI is InChI=1S/C30H47N3O2Si/c1-6-8-20-32-27(34)19-21-36(25-15-11-9-12-16-25,26-17-13-10-14-18-26)28(22-23(3)4)33-30(35)29(31)24(5)7-2/h9-18,23-24,28-29H,6-8,19-22,31H2,1-5H3,(H,32,34)(H,33,35)/t24-,28+,29-/m0/s1. The molecule has 2 rings (SSSR count). The number of benzene rings is 2. The highest BCUT2D eigenvalue weighted by atomic mass is 28.3. The molecule has 5 nitrogen and oxygen atoms in total. The fourth-order valence-electron chi connectivity index (χ4n) is 4.94. The lowest BCUT2D eigenvalue weighted by Gasteiger charge is -2.42. The zero-order valence-corrected chi connectivity index (χ0v) is 23.9. The molecule has 198 valence electrons. The zero-order chi connectivity index (χ0) is 26.6. The number of carbonyl (C=O) groups is 2. The smallest absolute Gasteiger partial charge is 0.237 e. The number of amides is 2. The summed E-state index contributed by atoms with van der Waals surface area (Å²) in [5.41, 5.74) is 6.31. The van der Waals surface area contributed by atoms with Gasteiger partial charge in [-0.15, -0.1) is 0 Å². The number of hydrogen-bond acceptors (Lipinski definition) is 3. The Morgan fingerprint density at radius 3 is 1.94 bits per heavy atom. The van der Waals surface area contributed by atoms with Crippen molar-refractivity contribution in [3.05, 3.63) is 60.7 Å². The predicted octanol–water partition coefficient (Wildman–Crippen LogP) is 4.00. The van der Waals surface area contributed by atoms with Crippen molar-refractivity contribution in [1.29, 1.82) is 0 Å². The Morgan fingerprint density at radius 1 is 0.917 bits per heavy atom. The van der Waals surface area contributed by atoms with Crippen LogP contribution in [0.15, 0.2) is 60.7 Å². The lowest BCUT2D eigenvalue weighted by Crippen LogP contribution is -2.72. The molecular weight excluding hydrogens is 462 g/mol. The van der Waals surface area contributed by atoms with Gasteiger partial charge in [0, 0.05) is 18.6 Å². The third-order valence-electron chi connectivity index (χ3n) is 7.35. The molecule has 0 aromatic heterocycles. The normalized spacial score (nSPS) is 14.2. The molecule has 0 aliphatic carbocycles. The summed E-state index contributed by atoms with van der Waals surface area (Å²) in [6.07, 6.45) is 4.13. The molecule has 2 aromatic rings. The van der Waals surface area contributed by atoms with Gasteiger partial charge in [-0.3, -0.25) is 9.59 Å². The molecule has 2 aromatic carbocycles. The Labute approximate surface area is 219 Å². The van der Waals surface area contributed by atoms with E-state index in [0.717, 1.165) is 31.7 Å². The maximum atomic E-state index is 13.5. The van der Waals surface area contributed by atoms with E-state index in [1.807, 2.05) is 19.1 Å². The van der Waals surface area contributed by atoms with Crippen LogP contribution in [0.5, 0.6) is 0 Å². The van der Waals surface area contributed by atoms with Gasteiger partial charge in [-0.05, 0) is 30.7 Å². The maximum Gasteiger partial charge on any atom is 0.237 e. The van der Waals surface area contributed by atoms with Gasteiger partial charge < -0.3 is 16.4 Å². The van der Waals surface area contributed by atoms with E-state index in [2.05, 4.69) is 86.9 Å². The van der Waals surface area contributed by atoms with Crippen LogP contribution in [0.2, 0.25) is 6.04 Å². The fourth-order valence-corrected chi connectivity index (χ4v) is 10.5. The molecule has 0 spiro atoms. The van der Waals surface area contributed by atoms with Crippen molar-refractivity contribution in [2.24, 2.45) is 17.6 Å². The summed E-state index contributed by atoms with van der Waals surface area (Å²) < 4.78 is 0. The van der Waals surface area contributed by atoms with Crippen molar-refractivity contribution >= 4 is 30.3 Å². The second-order valence-corrected chi connectivity index (χ2v) is 14.8. The van der Waals surface area contributed by atoms with Crippen LogP contribution >= 0.6 is 0 Å². The summed E-state index contributed by atoms with van der Waals surface area (Å²) in [4.78, 5) is 26.4. The average molecular weight is 510 g/mol. The van der Waals surface area contributed by atoms with Crippen molar-refractivity contribution in [1.82, 2.24) is 10.6 Å². The van der Waals surface area contributed by atoms with E-state index in [4.69, 9.17) is 5.73 Å². The summed E-state index contributed by atoms with van der Waals surface area (Å²) in [5.74, 6) is 0.454. The predicted molar refractivity (Wildman–Crippen MR) is 154 cm³/mol. The van der Waals surface area contributed by atoms with Gasteiger partial charge in [-0.25, -0.2) is 0 Å². The highest BCUT2D eigenvalue weighted by Crippen LogP contribution is 2.24. The van der Waals surface area contributed by atoms with E-state index in [1.165, 1.54) is 10.4 Å². The minimum absolute atomic E-state index is 0.0816. The Balaban J connectivity index is 2.60. The van der Waals surface area contributed by atoms with Crippen molar-refractivity contribution in [3.8, 4) is 0 Å². The van der Waals surface area contributed by atoms with Crippen molar-refractivity contribution in [3.63, 3.8) is 0 Å². The lowest BCUT2D eigenvalue weighted by molar-refractivity contribution is -0.123. The zero-order valence-electron chi connectivity index (χ0n) is 22.9. The first-order valence-corrected chi connectivity index (χ1v) is 16.0. The van der Waals surface area contributed by atoms with Gasteiger partial charge in [0.05, 0.1) is 6.04 Å². The largest absolute Gasteiger partial charge is 0.356 e. The third-order valence-corrected chi connectivity index (χ3v) is 12.7. The van der Waals surface area contributed by atoms with E-state index >= 15 is 0 Å². The van der Waals surface area contributed by atoms with Gasteiger partial charge in [0.25, 0.3) is 0 Å². The molecule has 3 atom stereocenters. The van der Waals surface area contributed by atoms with Crippen LogP contribution in [-0.4, -0.2) is 38.1 Å². The number of unbranched alkanes of at least 4 members (excludes halogenated alkanes) is 1. The highest BCUT2D eigenvalue weighted by molar-refractivity contribution is 7.03. The molecule has 36 heavy (non-hydrogen) atoms. The summed E-state index contributed by atoms with van der Waals surface area (Å²) in [5, 5.41) is 9.01. The number of rotatable bonds is 15. The molecule has 0 saturated heterocycles. The van der Waals surface area contributed by atoms with Crippen LogP contribution in [0, 0.1) is 11.8 Å². The van der Waals surface area contributed by atoms with Crippen molar-refractivity contribution < 1.29 is 9.59 Å². The van der Waals surface area contributed by atoms with Gasteiger partial charge in [-0.2, -0.15) is 0 Å². The van der Waals surface area contributed by atoms with Crippen molar-refractivity contribution in [2.45, 2.75) is 84.5 Å². The second-order valence-electron chi connectivity index (χ2n) is 10.5. The second kappa shape index (κ2) is 15.0. The van der Waals surface area contributed by atoms with Gasteiger partial charge in [0.2, 0.25) is 11.8 Å². The van der Waals surface area contributed by atoms with Crippen LogP contribution < -0.4 is 26.7 Å². The molecule has 0 aliphatic rings. The van der Waals surface area contributed by atoms with Gasteiger partial charge in [0.15, 0.2) is 0 Å². The Hall–Kier alpha value is -2.44. The molecule has 0 bridgehead atoms. The van der Waals surface area contributed by atoms with E-state index in [0.29, 0.717) is 18.9 Å².